The molecule has 0 aromatic heterocycles. The Balaban J connectivity index is 0. The summed E-state index contributed by atoms with van der Waals surface area (Å²) in [5.74, 6) is -1.35. The molecule has 0 aliphatic heterocycles. The molecule has 0 saturated heterocycles. The van der Waals surface area contributed by atoms with Gasteiger partial charge in [0.2, 0.25) is 0 Å². The van der Waals surface area contributed by atoms with Gasteiger partial charge in [-0.3, -0.25) is 9.59 Å². The van der Waals surface area contributed by atoms with Gasteiger partial charge in [0.05, 0.1) is 0 Å². The lowest BCUT2D eigenvalue weighted by Gasteiger charge is -2.01. The highest BCUT2D eigenvalue weighted by Gasteiger charge is 1.97. The molecule has 0 amide bonds. The maximum atomic E-state index is 10.2. The fourth-order valence-electron chi connectivity index (χ4n) is 2.79. The molecule has 0 spiro atoms. The normalized spacial score (nSPS) is 10.3. The van der Waals surface area contributed by atoms with E-state index in [9.17, 15) is 9.59 Å². The van der Waals surface area contributed by atoms with Gasteiger partial charge in [0, 0.05) is 12.8 Å². The molecule has 162 valence electrons. The van der Waals surface area contributed by atoms with Gasteiger partial charge in [0.1, 0.15) is 0 Å². The first kappa shape index (κ1) is 28.1. The summed E-state index contributed by atoms with van der Waals surface area (Å²) in [6, 6.07) is 0. The third-order valence-electron chi connectivity index (χ3n) is 4.44. The number of aliphatic carboxylic acids is 2. The predicted molar refractivity (Wildman–Crippen MR) is 112 cm³/mol. The van der Waals surface area contributed by atoms with E-state index >= 15 is 0 Å². The van der Waals surface area contributed by atoms with E-state index < -0.39 is 11.9 Å². The van der Waals surface area contributed by atoms with E-state index in [1.54, 1.807) is 0 Å². The molecular weight excluding hydrogens is 344 g/mol. The van der Waals surface area contributed by atoms with Gasteiger partial charge in [-0.25, -0.2) is 0 Å². The quantitative estimate of drug-likeness (QED) is 0.238. The fraction of sp³-hybridized carbons (Fsp3) is 0.905. The predicted octanol–water partition coefficient (Wildman–Crippen LogP) is 4.69. The van der Waals surface area contributed by atoms with Crippen molar-refractivity contribution in [3.63, 3.8) is 0 Å². The molecule has 27 heavy (non-hydrogen) atoms. The second-order valence-electron chi connectivity index (χ2n) is 7.17. The van der Waals surface area contributed by atoms with Crippen LogP contribution >= 0.6 is 0 Å². The van der Waals surface area contributed by atoms with E-state index in [1.807, 2.05) is 0 Å². The molecule has 0 aliphatic rings. The fourth-order valence-corrected chi connectivity index (χ4v) is 2.79. The van der Waals surface area contributed by atoms with Crippen molar-refractivity contribution >= 4 is 11.9 Å². The minimum Gasteiger partial charge on any atom is -0.481 e. The molecule has 0 heterocycles. The minimum absolute atomic E-state index is 0.316. The summed E-state index contributed by atoms with van der Waals surface area (Å²) in [7, 11) is 0. The summed E-state index contributed by atoms with van der Waals surface area (Å²) >= 11 is 0. The van der Waals surface area contributed by atoms with Crippen LogP contribution in [0.15, 0.2) is 0 Å². The molecule has 6 heteroatoms. The lowest BCUT2D eigenvalue weighted by Crippen LogP contribution is -1.97. The van der Waals surface area contributed by atoms with E-state index in [4.69, 9.17) is 21.7 Å². The highest BCUT2D eigenvalue weighted by atomic mass is 16.4. The second kappa shape index (κ2) is 24.9. The zero-order valence-electron chi connectivity index (χ0n) is 17.3. The SMILES string of the molecule is NCCCCCCCCC(=O)O.NCCCCCCCCCCCC(=O)O. The van der Waals surface area contributed by atoms with Gasteiger partial charge in [-0.1, -0.05) is 70.6 Å². The Labute approximate surface area is 166 Å². The summed E-state index contributed by atoms with van der Waals surface area (Å²) in [5.41, 5.74) is 10.7. The van der Waals surface area contributed by atoms with Gasteiger partial charge < -0.3 is 21.7 Å². The van der Waals surface area contributed by atoms with Crippen LogP contribution in [0.5, 0.6) is 0 Å². The summed E-state index contributed by atoms with van der Waals surface area (Å²) < 4.78 is 0. The highest BCUT2D eigenvalue weighted by molar-refractivity contribution is 5.66. The first-order valence-corrected chi connectivity index (χ1v) is 10.9. The maximum Gasteiger partial charge on any atom is 0.303 e. The Morgan fingerprint density at radius 1 is 0.444 bits per heavy atom. The van der Waals surface area contributed by atoms with E-state index in [0.717, 1.165) is 58.0 Å². The standard InChI is InChI=1S/C12H25NO2.C9H19NO2/c13-11-9-7-5-3-1-2-4-6-8-10-12(14)15;10-8-6-4-2-1-3-5-7-9(11)12/h1-11,13H2,(H,14,15);1-8,10H2,(H,11,12). The molecule has 0 aliphatic carbocycles. The lowest BCUT2D eigenvalue weighted by molar-refractivity contribution is -0.138. The average molecular weight is 389 g/mol. The molecule has 0 atom stereocenters. The van der Waals surface area contributed by atoms with Gasteiger partial charge in [0.25, 0.3) is 0 Å². The van der Waals surface area contributed by atoms with Gasteiger partial charge >= 0.3 is 11.9 Å². The Morgan fingerprint density at radius 3 is 0.889 bits per heavy atom. The van der Waals surface area contributed by atoms with Crippen LogP contribution in [0.2, 0.25) is 0 Å². The van der Waals surface area contributed by atoms with Crippen LogP contribution in [0, 0.1) is 0 Å². The van der Waals surface area contributed by atoms with Crippen molar-refractivity contribution in [3.05, 3.63) is 0 Å². The summed E-state index contributed by atoms with van der Waals surface area (Å²) in [5, 5.41) is 16.8. The van der Waals surface area contributed by atoms with Crippen molar-refractivity contribution < 1.29 is 19.8 Å². The molecule has 0 radical (unpaired) electrons. The number of rotatable bonds is 19. The van der Waals surface area contributed by atoms with Crippen LogP contribution in [-0.2, 0) is 9.59 Å². The third kappa shape index (κ3) is 32.9. The van der Waals surface area contributed by atoms with Crippen molar-refractivity contribution in [2.45, 2.75) is 109 Å². The minimum atomic E-state index is -0.683. The largest absolute Gasteiger partial charge is 0.481 e. The molecule has 6 N–H and O–H groups in total. The van der Waals surface area contributed by atoms with E-state index in [0.29, 0.717) is 12.8 Å². The number of hydrogen-bond donors (Lipinski definition) is 4. The molecule has 0 saturated carbocycles. The van der Waals surface area contributed by atoms with Gasteiger partial charge in [-0.05, 0) is 38.8 Å². The van der Waals surface area contributed by atoms with Crippen molar-refractivity contribution in [1.29, 1.82) is 0 Å². The molecule has 0 rings (SSSR count). The monoisotopic (exact) mass is 388 g/mol. The van der Waals surface area contributed by atoms with Crippen molar-refractivity contribution in [3.8, 4) is 0 Å². The second-order valence-corrected chi connectivity index (χ2v) is 7.17. The molecule has 0 unspecified atom stereocenters. The average Bonchev–Trinajstić information content (AvgIpc) is 2.62. The zero-order valence-corrected chi connectivity index (χ0v) is 17.3. The molecule has 0 aromatic rings. The Kier molecular flexibility index (Phi) is 25.8. The molecule has 0 bridgehead atoms. The first-order valence-electron chi connectivity index (χ1n) is 10.9. The molecule has 0 aromatic carbocycles. The number of carbonyl (C=O) groups is 2. The lowest BCUT2D eigenvalue weighted by atomic mass is 10.1. The Bertz CT molecular complexity index is 325. The van der Waals surface area contributed by atoms with Gasteiger partial charge in [-0.2, -0.15) is 0 Å². The molecule has 6 nitrogen and oxygen atoms in total. The van der Waals surface area contributed by atoms with E-state index in [1.165, 1.54) is 51.4 Å². The van der Waals surface area contributed by atoms with Crippen LogP contribution in [0.4, 0.5) is 0 Å². The Hall–Kier alpha value is -1.14. The highest BCUT2D eigenvalue weighted by Crippen LogP contribution is 2.10. The smallest absolute Gasteiger partial charge is 0.303 e. The molecule has 0 fully saturated rings. The summed E-state index contributed by atoms with van der Waals surface area (Å²) in [6.45, 7) is 1.59. The van der Waals surface area contributed by atoms with Crippen LogP contribution in [0.1, 0.15) is 109 Å². The van der Waals surface area contributed by atoms with E-state index in [-0.39, 0.29) is 0 Å². The number of unbranched alkanes of at least 4 members (excludes halogenated alkanes) is 13. The molecular formula is C21H44N2O4. The zero-order chi connectivity index (χ0) is 20.6. The summed E-state index contributed by atoms with van der Waals surface area (Å²) in [6.07, 6.45) is 17.8. The Morgan fingerprint density at radius 2 is 0.667 bits per heavy atom. The van der Waals surface area contributed by atoms with Gasteiger partial charge in [0.15, 0.2) is 0 Å². The number of carboxylic acids is 2. The van der Waals surface area contributed by atoms with Crippen LogP contribution in [0.3, 0.4) is 0 Å². The third-order valence-corrected chi connectivity index (χ3v) is 4.44. The van der Waals surface area contributed by atoms with Crippen LogP contribution < -0.4 is 11.5 Å². The first-order chi connectivity index (χ1) is 13.0. The number of hydrogen-bond acceptors (Lipinski definition) is 4. The topological polar surface area (TPSA) is 127 Å². The van der Waals surface area contributed by atoms with Gasteiger partial charge in [-0.15, -0.1) is 0 Å². The van der Waals surface area contributed by atoms with E-state index in [2.05, 4.69) is 0 Å². The maximum absolute atomic E-state index is 10.2. The summed E-state index contributed by atoms with van der Waals surface area (Å²) in [4.78, 5) is 20.3. The van der Waals surface area contributed by atoms with Crippen LogP contribution in [-0.4, -0.2) is 35.2 Å². The van der Waals surface area contributed by atoms with Crippen LogP contribution in [0.25, 0.3) is 0 Å². The van der Waals surface area contributed by atoms with Crippen molar-refractivity contribution in [1.82, 2.24) is 0 Å². The van der Waals surface area contributed by atoms with Crippen molar-refractivity contribution in [2.75, 3.05) is 13.1 Å². The number of carboxylic acid groups (broad SMARTS) is 2. The number of nitrogens with two attached hydrogens (primary N) is 2. The van der Waals surface area contributed by atoms with Crippen molar-refractivity contribution in [2.24, 2.45) is 11.5 Å².